The number of pyridine rings is 1. The number of hydrogen-bond acceptors (Lipinski definition) is 2. The van der Waals surface area contributed by atoms with Crippen molar-refractivity contribution in [3.05, 3.63) is 80.6 Å². The third-order valence-electron chi connectivity index (χ3n) is 4.78. The summed E-state index contributed by atoms with van der Waals surface area (Å²) in [5.41, 5.74) is 2.52. The number of benzene rings is 2. The van der Waals surface area contributed by atoms with E-state index >= 15 is 0 Å². The third kappa shape index (κ3) is 4.08. The molecule has 2 aromatic carbocycles. The smallest absolute Gasteiger partial charge is 0.352 e. The molecule has 0 aliphatic rings. The number of aromatic nitrogens is 1. The van der Waals surface area contributed by atoms with E-state index in [1.807, 2.05) is 26.0 Å². The second-order valence-corrected chi connectivity index (χ2v) is 6.68. The number of carbonyl (C=O) groups excluding carboxylic acids is 1. The minimum Gasteiger partial charge on any atom is -0.352 e. The fraction of sp³-hybridized carbons (Fsp3) is 0.238. The Labute approximate surface area is 159 Å². The molecule has 0 saturated carbocycles. The first-order valence-electron chi connectivity index (χ1n) is 8.74. The molecule has 0 atom stereocenters. The number of halogens is 3. The summed E-state index contributed by atoms with van der Waals surface area (Å²) in [5, 5.41) is 3.54. The first-order valence-corrected chi connectivity index (χ1v) is 8.74. The van der Waals surface area contributed by atoms with Gasteiger partial charge in [-0.15, -0.1) is 0 Å². The number of carbonyl (C=O) groups is 1. The summed E-state index contributed by atoms with van der Waals surface area (Å²) in [6, 6.07) is 9.70. The maximum Gasteiger partial charge on any atom is 0.416 e. The van der Waals surface area contributed by atoms with Crippen LogP contribution in [0.25, 0.3) is 10.9 Å². The SMILES string of the molecule is Cc1ccc2cc(CCNC(=O)c3ccc(C(F)(F)F)cc3)c(=O)[nH]c2c1C. The van der Waals surface area contributed by atoms with Crippen molar-refractivity contribution in [2.45, 2.75) is 26.4 Å². The van der Waals surface area contributed by atoms with E-state index in [0.717, 1.165) is 46.3 Å². The molecule has 0 aliphatic heterocycles. The monoisotopic (exact) mass is 388 g/mol. The lowest BCUT2D eigenvalue weighted by Crippen LogP contribution is -2.27. The van der Waals surface area contributed by atoms with Gasteiger partial charge in [0.05, 0.1) is 11.1 Å². The van der Waals surface area contributed by atoms with Crippen molar-refractivity contribution in [1.82, 2.24) is 10.3 Å². The topological polar surface area (TPSA) is 62.0 Å². The van der Waals surface area contributed by atoms with Gasteiger partial charge < -0.3 is 10.3 Å². The van der Waals surface area contributed by atoms with Gasteiger partial charge in [-0.05, 0) is 67.1 Å². The van der Waals surface area contributed by atoms with E-state index in [1.54, 1.807) is 6.07 Å². The van der Waals surface area contributed by atoms with Gasteiger partial charge in [-0.2, -0.15) is 13.2 Å². The summed E-state index contributed by atoms with van der Waals surface area (Å²) in [7, 11) is 0. The Kier molecular flexibility index (Phi) is 5.27. The maximum atomic E-state index is 12.6. The first kappa shape index (κ1) is 19.7. The minimum atomic E-state index is -4.44. The molecule has 2 N–H and O–H groups in total. The van der Waals surface area contributed by atoms with E-state index in [-0.39, 0.29) is 17.7 Å². The van der Waals surface area contributed by atoms with Crippen molar-refractivity contribution >= 4 is 16.8 Å². The third-order valence-corrected chi connectivity index (χ3v) is 4.78. The Morgan fingerprint density at radius 2 is 1.75 bits per heavy atom. The number of alkyl halides is 3. The number of amides is 1. The van der Waals surface area contributed by atoms with Gasteiger partial charge in [-0.25, -0.2) is 0 Å². The molecular weight excluding hydrogens is 369 g/mol. The van der Waals surface area contributed by atoms with Crippen LogP contribution in [-0.2, 0) is 12.6 Å². The second kappa shape index (κ2) is 7.50. The predicted octanol–water partition coefficient (Wildman–Crippen LogP) is 4.14. The molecule has 4 nitrogen and oxygen atoms in total. The normalized spacial score (nSPS) is 11.6. The Bertz CT molecular complexity index is 1080. The van der Waals surface area contributed by atoms with Crippen molar-refractivity contribution in [2.24, 2.45) is 0 Å². The molecule has 1 amide bonds. The Morgan fingerprint density at radius 3 is 2.39 bits per heavy atom. The average molecular weight is 388 g/mol. The van der Waals surface area contributed by atoms with Crippen LogP contribution in [0.3, 0.4) is 0 Å². The molecule has 3 rings (SSSR count). The van der Waals surface area contributed by atoms with Crippen LogP contribution in [0, 0.1) is 13.8 Å². The Morgan fingerprint density at radius 1 is 1.07 bits per heavy atom. The largest absolute Gasteiger partial charge is 0.416 e. The van der Waals surface area contributed by atoms with Crippen LogP contribution in [0.15, 0.2) is 47.3 Å². The van der Waals surface area contributed by atoms with Crippen LogP contribution in [0.4, 0.5) is 13.2 Å². The van der Waals surface area contributed by atoms with Gasteiger partial charge in [0.25, 0.3) is 11.5 Å². The zero-order valence-corrected chi connectivity index (χ0v) is 15.4. The first-order chi connectivity index (χ1) is 13.2. The Balaban J connectivity index is 1.68. The molecule has 0 fully saturated rings. The molecule has 0 saturated heterocycles. The number of fused-ring (bicyclic) bond motifs is 1. The molecule has 28 heavy (non-hydrogen) atoms. The highest BCUT2D eigenvalue weighted by Gasteiger charge is 2.30. The fourth-order valence-corrected chi connectivity index (χ4v) is 2.98. The number of nitrogens with one attached hydrogen (secondary N) is 2. The van der Waals surface area contributed by atoms with E-state index in [0.29, 0.717) is 12.0 Å². The van der Waals surface area contributed by atoms with Crippen molar-refractivity contribution in [3.63, 3.8) is 0 Å². The number of H-pyrrole nitrogens is 1. The highest BCUT2D eigenvalue weighted by molar-refractivity contribution is 5.94. The lowest BCUT2D eigenvalue weighted by atomic mass is 10.0. The lowest BCUT2D eigenvalue weighted by Gasteiger charge is -2.09. The number of aromatic amines is 1. The molecule has 0 aliphatic carbocycles. The second-order valence-electron chi connectivity index (χ2n) is 6.68. The standard InChI is InChI=1S/C21H19F3N2O2/c1-12-3-4-15-11-16(20(28)26-18(15)13(12)2)9-10-25-19(27)14-5-7-17(8-6-14)21(22,23)24/h3-8,11H,9-10H2,1-2H3,(H,25,27)(H,26,28). The number of aryl methyl sites for hydroxylation is 2. The number of hydrogen-bond donors (Lipinski definition) is 2. The molecule has 1 aromatic heterocycles. The van der Waals surface area contributed by atoms with Crippen LogP contribution in [0.2, 0.25) is 0 Å². The average Bonchev–Trinajstić information content (AvgIpc) is 2.65. The lowest BCUT2D eigenvalue weighted by molar-refractivity contribution is -0.137. The van der Waals surface area contributed by atoms with E-state index in [9.17, 15) is 22.8 Å². The van der Waals surface area contributed by atoms with Gasteiger partial charge in [0.2, 0.25) is 0 Å². The Hall–Kier alpha value is -3.09. The van der Waals surface area contributed by atoms with Crippen molar-refractivity contribution in [1.29, 1.82) is 0 Å². The summed E-state index contributed by atoms with van der Waals surface area (Å²) in [4.78, 5) is 27.3. The predicted molar refractivity (Wildman–Crippen MR) is 102 cm³/mol. The highest BCUT2D eigenvalue weighted by Crippen LogP contribution is 2.29. The summed E-state index contributed by atoms with van der Waals surface area (Å²) in [6.45, 7) is 4.11. The van der Waals surface area contributed by atoms with E-state index in [2.05, 4.69) is 10.3 Å². The van der Waals surface area contributed by atoms with Crippen molar-refractivity contribution in [2.75, 3.05) is 6.54 Å². The highest BCUT2D eigenvalue weighted by atomic mass is 19.4. The number of rotatable bonds is 4. The van der Waals surface area contributed by atoms with Gasteiger partial charge in [0.15, 0.2) is 0 Å². The summed E-state index contributed by atoms with van der Waals surface area (Å²) >= 11 is 0. The van der Waals surface area contributed by atoms with E-state index in [1.165, 1.54) is 0 Å². The molecule has 0 spiro atoms. The summed E-state index contributed by atoms with van der Waals surface area (Å²) in [6.07, 6.45) is -4.13. The van der Waals surface area contributed by atoms with Gasteiger partial charge in [0.1, 0.15) is 0 Å². The molecule has 7 heteroatoms. The van der Waals surface area contributed by atoms with E-state index in [4.69, 9.17) is 0 Å². The zero-order chi connectivity index (χ0) is 20.5. The molecule has 146 valence electrons. The fourth-order valence-electron chi connectivity index (χ4n) is 2.98. The van der Waals surface area contributed by atoms with Crippen molar-refractivity contribution in [3.8, 4) is 0 Å². The van der Waals surface area contributed by atoms with Crippen molar-refractivity contribution < 1.29 is 18.0 Å². The molecule has 0 radical (unpaired) electrons. The van der Waals surface area contributed by atoms with E-state index < -0.39 is 17.6 Å². The zero-order valence-electron chi connectivity index (χ0n) is 15.4. The maximum absolute atomic E-state index is 12.6. The molecule has 3 aromatic rings. The van der Waals surface area contributed by atoms with Gasteiger partial charge >= 0.3 is 6.18 Å². The quantitative estimate of drug-likeness (QED) is 0.706. The van der Waals surface area contributed by atoms with Crippen LogP contribution in [0.1, 0.15) is 32.6 Å². The summed E-state index contributed by atoms with van der Waals surface area (Å²) < 4.78 is 37.7. The van der Waals surface area contributed by atoms with Gasteiger partial charge in [-0.1, -0.05) is 12.1 Å². The van der Waals surface area contributed by atoms with Crippen LogP contribution in [0.5, 0.6) is 0 Å². The molecular formula is C21H19F3N2O2. The van der Waals surface area contributed by atoms with Crippen LogP contribution >= 0.6 is 0 Å². The molecule has 0 unspecified atom stereocenters. The molecule has 0 bridgehead atoms. The summed E-state index contributed by atoms with van der Waals surface area (Å²) in [5.74, 6) is -0.489. The van der Waals surface area contributed by atoms with Crippen LogP contribution in [-0.4, -0.2) is 17.4 Å². The van der Waals surface area contributed by atoms with Gasteiger partial charge in [0, 0.05) is 17.7 Å². The van der Waals surface area contributed by atoms with Gasteiger partial charge in [-0.3, -0.25) is 9.59 Å². The molecule has 1 heterocycles. The minimum absolute atomic E-state index is 0.131. The van der Waals surface area contributed by atoms with Crippen LogP contribution < -0.4 is 10.9 Å².